The summed E-state index contributed by atoms with van der Waals surface area (Å²) in [6, 6.07) is 11.0. The number of benzene rings is 2. The molecule has 0 saturated carbocycles. The van der Waals surface area contributed by atoms with Gasteiger partial charge in [-0.05, 0) is 43.0 Å². The SMILES string of the molecule is C[C@H]1CCCN(c2nn(CC(=O)Nc3ccc(F)cc3Cl)c(=O)c3ccccc23)C1. The van der Waals surface area contributed by atoms with Crippen LogP contribution in [0, 0.1) is 11.7 Å². The maximum atomic E-state index is 13.2. The number of carbonyl (C=O) groups excluding carboxylic acids is 1. The van der Waals surface area contributed by atoms with Gasteiger partial charge in [0.25, 0.3) is 5.56 Å². The highest BCUT2D eigenvalue weighted by atomic mass is 35.5. The molecule has 3 aromatic rings. The number of carbonyl (C=O) groups is 1. The third-order valence-electron chi connectivity index (χ3n) is 5.30. The quantitative estimate of drug-likeness (QED) is 0.680. The molecule has 1 aliphatic rings. The first kappa shape index (κ1) is 20.3. The molecule has 1 saturated heterocycles. The van der Waals surface area contributed by atoms with E-state index < -0.39 is 11.7 Å². The number of aromatic nitrogens is 2. The van der Waals surface area contributed by atoms with Crippen molar-refractivity contribution in [3.63, 3.8) is 0 Å². The first-order valence-corrected chi connectivity index (χ1v) is 10.3. The number of anilines is 2. The predicted octanol–water partition coefficient (Wildman–Crippen LogP) is 4.06. The average molecular weight is 429 g/mol. The van der Waals surface area contributed by atoms with Crippen LogP contribution in [0.2, 0.25) is 5.02 Å². The molecule has 1 atom stereocenters. The van der Waals surface area contributed by atoms with E-state index in [9.17, 15) is 14.0 Å². The van der Waals surface area contributed by atoms with E-state index in [0.29, 0.717) is 17.1 Å². The third-order valence-corrected chi connectivity index (χ3v) is 5.62. The highest BCUT2D eigenvalue weighted by Crippen LogP contribution is 2.27. The molecule has 2 heterocycles. The van der Waals surface area contributed by atoms with Crippen molar-refractivity contribution in [2.45, 2.75) is 26.3 Å². The molecule has 0 spiro atoms. The summed E-state index contributed by atoms with van der Waals surface area (Å²) < 4.78 is 14.4. The summed E-state index contributed by atoms with van der Waals surface area (Å²) in [7, 11) is 0. The van der Waals surface area contributed by atoms with Crippen molar-refractivity contribution in [3.05, 3.63) is 63.7 Å². The molecule has 1 fully saturated rings. The molecular weight excluding hydrogens is 407 g/mol. The van der Waals surface area contributed by atoms with E-state index in [2.05, 4.69) is 22.2 Å². The second-order valence-corrected chi connectivity index (χ2v) is 8.10. The Morgan fingerprint density at radius 3 is 2.77 bits per heavy atom. The number of rotatable bonds is 4. The van der Waals surface area contributed by atoms with Crippen LogP contribution in [0.15, 0.2) is 47.3 Å². The molecule has 0 unspecified atom stereocenters. The van der Waals surface area contributed by atoms with E-state index in [1.54, 1.807) is 12.1 Å². The molecule has 1 amide bonds. The van der Waals surface area contributed by atoms with E-state index in [1.807, 2.05) is 12.1 Å². The lowest BCUT2D eigenvalue weighted by atomic mass is 10.00. The van der Waals surface area contributed by atoms with Crippen molar-refractivity contribution >= 4 is 39.8 Å². The summed E-state index contributed by atoms with van der Waals surface area (Å²) in [4.78, 5) is 27.7. The smallest absolute Gasteiger partial charge is 0.275 e. The maximum absolute atomic E-state index is 13.2. The Hall–Kier alpha value is -2.93. The highest BCUT2D eigenvalue weighted by Gasteiger charge is 2.22. The molecule has 8 heteroatoms. The fourth-order valence-electron chi connectivity index (χ4n) is 3.86. The second-order valence-electron chi connectivity index (χ2n) is 7.70. The Balaban J connectivity index is 1.67. The fraction of sp³-hybridized carbons (Fsp3) is 0.318. The molecule has 1 aliphatic heterocycles. The number of fused-ring (bicyclic) bond motifs is 1. The standard InChI is InChI=1S/C22H22ClFN4O2/c1-14-5-4-10-27(12-14)21-16-6-2-3-7-17(16)22(30)28(26-21)13-20(29)25-19-9-8-15(24)11-18(19)23/h2-3,6-9,11,14H,4-5,10,12-13H2,1H3,(H,25,29)/t14-/m0/s1. The van der Waals surface area contributed by atoms with Gasteiger partial charge in [-0.15, -0.1) is 0 Å². The first-order chi connectivity index (χ1) is 14.4. The van der Waals surface area contributed by atoms with Crippen LogP contribution in [0.25, 0.3) is 10.8 Å². The van der Waals surface area contributed by atoms with Crippen LogP contribution < -0.4 is 15.8 Å². The zero-order valence-corrected chi connectivity index (χ0v) is 17.3. The second kappa shape index (κ2) is 8.44. The first-order valence-electron chi connectivity index (χ1n) is 9.92. The average Bonchev–Trinajstić information content (AvgIpc) is 2.72. The summed E-state index contributed by atoms with van der Waals surface area (Å²) in [6.45, 7) is 3.64. The minimum atomic E-state index is -0.495. The van der Waals surface area contributed by atoms with Crippen LogP contribution in [-0.2, 0) is 11.3 Å². The van der Waals surface area contributed by atoms with Gasteiger partial charge in [0.2, 0.25) is 5.91 Å². The maximum Gasteiger partial charge on any atom is 0.275 e. The molecule has 1 N–H and O–H groups in total. The summed E-state index contributed by atoms with van der Waals surface area (Å²) >= 11 is 5.98. The zero-order valence-electron chi connectivity index (χ0n) is 16.6. The lowest BCUT2D eigenvalue weighted by Crippen LogP contribution is -2.38. The van der Waals surface area contributed by atoms with Crippen LogP contribution >= 0.6 is 11.6 Å². The van der Waals surface area contributed by atoms with Gasteiger partial charge in [0.1, 0.15) is 12.4 Å². The Labute approximate surface area is 178 Å². The van der Waals surface area contributed by atoms with E-state index in [1.165, 1.54) is 16.8 Å². The third kappa shape index (κ3) is 4.16. The molecule has 4 rings (SSSR count). The van der Waals surface area contributed by atoms with Crippen LogP contribution in [0.4, 0.5) is 15.9 Å². The molecule has 1 aromatic heterocycles. The minimum absolute atomic E-state index is 0.0881. The monoisotopic (exact) mass is 428 g/mol. The van der Waals surface area contributed by atoms with Gasteiger partial charge in [-0.2, -0.15) is 5.10 Å². The molecular formula is C22H22ClFN4O2. The minimum Gasteiger partial charge on any atom is -0.354 e. The van der Waals surface area contributed by atoms with Crippen LogP contribution in [-0.4, -0.2) is 28.8 Å². The molecule has 156 valence electrons. The van der Waals surface area contributed by atoms with Gasteiger partial charge in [0, 0.05) is 18.5 Å². The van der Waals surface area contributed by atoms with E-state index >= 15 is 0 Å². The summed E-state index contributed by atoms with van der Waals surface area (Å²) in [5.41, 5.74) is -0.0539. The largest absolute Gasteiger partial charge is 0.354 e. The van der Waals surface area contributed by atoms with Crippen molar-refractivity contribution in [2.75, 3.05) is 23.3 Å². The lowest BCUT2D eigenvalue weighted by molar-refractivity contribution is -0.117. The molecule has 0 radical (unpaired) electrons. The van der Waals surface area contributed by atoms with Crippen molar-refractivity contribution in [2.24, 2.45) is 5.92 Å². The van der Waals surface area contributed by atoms with Gasteiger partial charge < -0.3 is 10.2 Å². The van der Waals surface area contributed by atoms with Gasteiger partial charge >= 0.3 is 0 Å². The number of nitrogens with one attached hydrogen (secondary N) is 1. The predicted molar refractivity (Wildman–Crippen MR) is 117 cm³/mol. The van der Waals surface area contributed by atoms with Gasteiger partial charge in [-0.1, -0.05) is 36.7 Å². The Morgan fingerprint density at radius 1 is 1.27 bits per heavy atom. The normalized spacial score (nSPS) is 16.6. The van der Waals surface area contributed by atoms with Crippen molar-refractivity contribution in [3.8, 4) is 0 Å². The topological polar surface area (TPSA) is 67.2 Å². The molecule has 0 aliphatic carbocycles. The van der Waals surface area contributed by atoms with Crippen LogP contribution in [0.5, 0.6) is 0 Å². The Bertz CT molecular complexity index is 1160. The Kier molecular flexibility index (Phi) is 5.72. The molecule has 0 bridgehead atoms. The molecule has 2 aromatic carbocycles. The van der Waals surface area contributed by atoms with E-state index in [-0.39, 0.29) is 22.8 Å². The van der Waals surface area contributed by atoms with Crippen molar-refractivity contribution in [1.29, 1.82) is 0 Å². The Morgan fingerprint density at radius 2 is 2.03 bits per heavy atom. The molecule has 6 nitrogen and oxygen atoms in total. The number of amides is 1. The van der Waals surface area contributed by atoms with Crippen molar-refractivity contribution in [1.82, 2.24) is 9.78 Å². The van der Waals surface area contributed by atoms with E-state index in [4.69, 9.17) is 11.6 Å². The highest BCUT2D eigenvalue weighted by molar-refractivity contribution is 6.33. The molecule has 30 heavy (non-hydrogen) atoms. The van der Waals surface area contributed by atoms with Gasteiger partial charge in [0.05, 0.1) is 16.1 Å². The van der Waals surface area contributed by atoms with Gasteiger partial charge in [-0.3, -0.25) is 9.59 Å². The number of hydrogen-bond donors (Lipinski definition) is 1. The van der Waals surface area contributed by atoms with Crippen LogP contribution in [0.3, 0.4) is 0 Å². The number of hydrogen-bond acceptors (Lipinski definition) is 4. The zero-order chi connectivity index (χ0) is 21.3. The summed E-state index contributed by atoms with van der Waals surface area (Å²) in [5.74, 6) is 0.283. The van der Waals surface area contributed by atoms with Gasteiger partial charge in [-0.25, -0.2) is 9.07 Å². The van der Waals surface area contributed by atoms with E-state index in [0.717, 1.165) is 37.4 Å². The summed E-state index contributed by atoms with van der Waals surface area (Å²) in [5, 5.41) is 8.57. The lowest BCUT2D eigenvalue weighted by Gasteiger charge is -2.32. The number of nitrogens with zero attached hydrogens (tertiary/aromatic N) is 3. The summed E-state index contributed by atoms with van der Waals surface area (Å²) in [6.07, 6.45) is 2.22. The van der Waals surface area contributed by atoms with Gasteiger partial charge in [0.15, 0.2) is 5.82 Å². The van der Waals surface area contributed by atoms with Crippen molar-refractivity contribution < 1.29 is 9.18 Å². The number of piperidine rings is 1. The fourth-order valence-corrected chi connectivity index (χ4v) is 4.07. The number of halogens is 2. The van der Waals surface area contributed by atoms with Crippen LogP contribution in [0.1, 0.15) is 19.8 Å².